The van der Waals surface area contributed by atoms with Crippen molar-refractivity contribution in [3.8, 4) is 22.3 Å². The van der Waals surface area contributed by atoms with Crippen LogP contribution in [-0.4, -0.2) is 11.7 Å². The molecule has 0 bridgehead atoms. The second-order valence-electron chi connectivity index (χ2n) is 20.7. The van der Waals surface area contributed by atoms with Crippen molar-refractivity contribution in [1.82, 2.24) is 0 Å². The van der Waals surface area contributed by atoms with Gasteiger partial charge in [0.25, 0.3) is 0 Å². The molecule has 0 amide bonds. The quantitative estimate of drug-likeness (QED) is 0.0710. The summed E-state index contributed by atoms with van der Waals surface area (Å²) in [6, 6.07) is 72.0. The van der Waals surface area contributed by atoms with Gasteiger partial charge in [-0.3, -0.25) is 0 Å². The number of aliphatic hydroxyl groups is 1. The van der Waals surface area contributed by atoms with E-state index in [1.807, 2.05) is 12.2 Å². The van der Waals surface area contributed by atoms with Gasteiger partial charge in [-0.05, 0) is 143 Å². The van der Waals surface area contributed by atoms with Crippen molar-refractivity contribution < 1.29 is 9.52 Å². The molecule has 4 heteroatoms. The first kappa shape index (κ1) is 47.9. The molecule has 76 heavy (non-hydrogen) atoms. The van der Waals surface area contributed by atoms with E-state index in [4.69, 9.17) is 4.42 Å². The van der Waals surface area contributed by atoms with E-state index in [2.05, 4.69) is 258 Å². The molecule has 0 aliphatic rings. The van der Waals surface area contributed by atoms with Crippen molar-refractivity contribution in [3.05, 3.63) is 264 Å². The van der Waals surface area contributed by atoms with Gasteiger partial charge in [-0.2, -0.15) is 0 Å². The summed E-state index contributed by atoms with van der Waals surface area (Å²) in [6.07, 6.45) is 5.65. The second kappa shape index (κ2) is 19.6. The Kier molecular flexibility index (Phi) is 12.4. The number of aryl methyl sites for hydroxylation is 4. The third-order valence-corrected chi connectivity index (χ3v) is 15.4. The SMILES string of the molecule is C=C/C=C\C(=C(\O)CN(c1ccc(C)cc1)c1cc(C)c2ccc3c(N(c4ccc(C)cc4)c4cccc5c4oc4c(-c6ccccc6)cccc45)cc(C(C)C)c4ccc1c2c43)c1cccc(-c2ccccc2C)c1. The van der Waals surface area contributed by atoms with E-state index >= 15 is 0 Å². The fourth-order valence-electron chi connectivity index (χ4n) is 11.5. The lowest BCUT2D eigenvalue weighted by atomic mass is 9.85. The van der Waals surface area contributed by atoms with E-state index in [0.717, 1.165) is 100 Å². The van der Waals surface area contributed by atoms with E-state index in [1.165, 1.54) is 43.8 Å². The van der Waals surface area contributed by atoms with Gasteiger partial charge in [0.05, 0.1) is 17.9 Å². The fourth-order valence-corrected chi connectivity index (χ4v) is 11.5. The van der Waals surface area contributed by atoms with Gasteiger partial charge < -0.3 is 19.3 Å². The van der Waals surface area contributed by atoms with Gasteiger partial charge in [0.1, 0.15) is 11.3 Å². The predicted octanol–water partition coefficient (Wildman–Crippen LogP) is 20.5. The van der Waals surface area contributed by atoms with Crippen LogP contribution in [0.5, 0.6) is 0 Å². The molecule has 11 aromatic carbocycles. The van der Waals surface area contributed by atoms with Crippen LogP contribution in [0.15, 0.2) is 235 Å². The Morgan fingerprint density at radius 1 is 0.513 bits per heavy atom. The molecule has 0 radical (unpaired) electrons. The number of anilines is 5. The average Bonchev–Trinajstić information content (AvgIpc) is 3.97. The van der Waals surface area contributed by atoms with Crippen molar-refractivity contribution in [3.63, 3.8) is 0 Å². The highest BCUT2D eigenvalue weighted by molar-refractivity contribution is 6.29. The maximum Gasteiger partial charge on any atom is 0.159 e. The molecule has 370 valence electrons. The topological polar surface area (TPSA) is 39.9 Å². The van der Waals surface area contributed by atoms with Gasteiger partial charge in [0.15, 0.2) is 5.58 Å². The molecule has 4 nitrogen and oxygen atoms in total. The van der Waals surface area contributed by atoms with E-state index in [0.29, 0.717) is 0 Å². The number of benzene rings is 11. The first-order valence-corrected chi connectivity index (χ1v) is 26.4. The number of nitrogens with zero attached hydrogens (tertiary/aromatic N) is 2. The summed E-state index contributed by atoms with van der Waals surface area (Å²) in [4.78, 5) is 4.71. The molecule has 1 N–H and O–H groups in total. The Bertz CT molecular complexity index is 4230. The molecule has 1 heterocycles. The minimum Gasteiger partial charge on any atom is -0.510 e. The smallest absolute Gasteiger partial charge is 0.159 e. The lowest BCUT2D eigenvalue weighted by Crippen LogP contribution is -2.21. The fraction of sp³-hybridized carbons (Fsp3) is 0.111. The second-order valence-corrected chi connectivity index (χ2v) is 20.7. The van der Waals surface area contributed by atoms with Gasteiger partial charge in [-0.1, -0.05) is 201 Å². The molecule has 0 aliphatic carbocycles. The summed E-state index contributed by atoms with van der Waals surface area (Å²) in [5.41, 5.74) is 18.9. The molecule has 0 aliphatic heterocycles. The zero-order chi connectivity index (χ0) is 52.2. The Morgan fingerprint density at radius 3 is 1.84 bits per heavy atom. The van der Waals surface area contributed by atoms with Gasteiger partial charge in [-0.15, -0.1) is 0 Å². The molecular formula is C72H60N2O2. The van der Waals surface area contributed by atoms with Gasteiger partial charge >= 0.3 is 0 Å². The molecule has 0 saturated carbocycles. The maximum atomic E-state index is 12.7. The van der Waals surface area contributed by atoms with Crippen molar-refractivity contribution in [1.29, 1.82) is 0 Å². The van der Waals surface area contributed by atoms with E-state index in [1.54, 1.807) is 6.08 Å². The first-order chi connectivity index (χ1) is 37.1. The molecule has 12 rings (SSSR count). The van der Waals surface area contributed by atoms with Crippen LogP contribution in [0.1, 0.15) is 53.1 Å². The van der Waals surface area contributed by atoms with Crippen molar-refractivity contribution in [2.75, 3.05) is 16.3 Å². The normalized spacial score (nSPS) is 12.2. The predicted molar refractivity (Wildman–Crippen MR) is 325 cm³/mol. The Morgan fingerprint density at radius 2 is 1.12 bits per heavy atom. The number of hydrogen-bond donors (Lipinski definition) is 1. The highest BCUT2D eigenvalue weighted by atomic mass is 16.3. The van der Waals surface area contributed by atoms with Crippen molar-refractivity contribution in [2.24, 2.45) is 0 Å². The van der Waals surface area contributed by atoms with E-state index in [-0.39, 0.29) is 18.2 Å². The zero-order valence-electron chi connectivity index (χ0n) is 44.0. The summed E-state index contributed by atoms with van der Waals surface area (Å²) < 4.78 is 7.18. The summed E-state index contributed by atoms with van der Waals surface area (Å²) in [7, 11) is 0. The Labute approximate surface area is 445 Å². The van der Waals surface area contributed by atoms with Crippen LogP contribution in [0.4, 0.5) is 28.4 Å². The van der Waals surface area contributed by atoms with Crippen molar-refractivity contribution in [2.45, 2.75) is 47.5 Å². The largest absolute Gasteiger partial charge is 0.510 e. The first-order valence-electron chi connectivity index (χ1n) is 26.4. The number of aliphatic hydroxyl groups excluding tert-OH is 1. The highest BCUT2D eigenvalue weighted by Gasteiger charge is 2.27. The molecule has 12 aromatic rings. The third kappa shape index (κ3) is 8.37. The summed E-state index contributed by atoms with van der Waals surface area (Å²) in [5.74, 6) is 0.453. The monoisotopic (exact) mass is 984 g/mol. The van der Waals surface area contributed by atoms with Crippen LogP contribution in [0.25, 0.3) is 82.1 Å². The van der Waals surface area contributed by atoms with Crippen LogP contribution in [0.3, 0.4) is 0 Å². The Hall–Kier alpha value is -9.12. The summed E-state index contributed by atoms with van der Waals surface area (Å²) in [6.45, 7) is 17.5. The molecule has 1 aromatic heterocycles. The van der Waals surface area contributed by atoms with Crippen LogP contribution in [-0.2, 0) is 0 Å². The highest BCUT2D eigenvalue weighted by Crippen LogP contribution is 2.51. The lowest BCUT2D eigenvalue weighted by molar-refractivity contribution is 0.406. The zero-order valence-corrected chi connectivity index (χ0v) is 44.0. The summed E-state index contributed by atoms with van der Waals surface area (Å²) >= 11 is 0. The number of furan rings is 1. The molecule has 0 unspecified atom stereocenters. The lowest BCUT2D eigenvalue weighted by Gasteiger charge is -2.31. The molecule has 0 fully saturated rings. The van der Waals surface area contributed by atoms with E-state index < -0.39 is 0 Å². The molecule has 0 atom stereocenters. The van der Waals surface area contributed by atoms with Gasteiger partial charge in [-0.25, -0.2) is 0 Å². The van der Waals surface area contributed by atoms with E-state index in [9.17, 15) is 5.11 Å². The number of allylic oxidation sites excluding steroid dienone is 4. The van der Waals surface area contributed by atoms with Crippen LogP contribution in [0.2, 0.25) is 0 Å². The molecule has 0 spiro atoms. The number of fused-ring (bicyclic) bond motifs is 3. The summed E-state index contributed by atoms with van der Waals surface area (Å²) in [5, 5.41) is 22.0. The maximum absolute atomic E-state index is 12.7. The van der Waals surface area contributed by atoms with Gasteiger partial charge in [0, 0.05) is 49.7 Å². The third-order valence-electron chi connectivity index (χ3n) is 15.4. The molecular weight excluding hydrogens is 925 g/mol. The Balaban J connectivity index is 1.10. The minimum absolute atomic E-state index is 0.205. The van der Waals surface area contributed by atoms with Gasteiger partial charge in [0.2, 0.25) is 0 Å². The number of rotatable bonds is 13. The number of hydrogen-bond acceptors (Lipinski definition) is 4. The van der Waals surface area contributed by atoms with Crippen LogP contribution < -0.4 is 9.80 Å². The van der Waals surface area contributed by atoms with Crippen molar-refractivity contribution >= 4 is 88.3 Å². The minimum atomic E-state index is 0.205. The standard InChI is InChI=1S/C72H60N2O2/c1-8-9-23-57(52-22-15-21-51(42-52)55-24-14-13-18-48(55)6)68(75)44-73(53-33-29-46(4)30-34-53)66-41-49(7)56-37-39-63-67(43-64(45(2)3)59-38-40-62(66)69(56)70(59)63)74(54-35-31-47(5)32-36-54)65-28-17-27-61-60-26-16-25-58(71(60)76-72(61)65)50-19-11-10-12-20-50/h8-43,45,75H,1,44H2,2-7H3/b23-9-,68-57-. The van der Waals surface area contributed by atoms with Crippen LogP contribution >= 0.6 is 0 Å². The molecule has 0 saturated heterocycles. The average molecular weight is 985 g/mol. The number of para-hydroxylation sites is 2. The van der Waals surface area contributed by atoms with Crippen LogP contribution in [0, 0.1) is 27.7 Å².